The Morgan fingerprint density at radius 1 is 0.792 bits per heavy atom. The summed E-state index contributed by atoms with van der Waals surface area (Å²) in [5.41, 5.74) is 5.73. The largest absolute Gasteiger partial charge is 1.00 e. The summed E-state index contributed by atoms with van der Waals surface area (Å²) < 4.78 is 21.8. The van der Waals surface area contributed by atoms with E-state index < -0.39 is 55.0 Å². The van der Waals surface area contributed by atoms with E-state index in [4.69, 9.17) is 14.9 Å². The number of aliphatic hydroxyl groups is 5. The predicted molar refractivity (Wildman–Crippen MR) is 269 cm³/mol. The zero-order valence-electron chi connectivity index (χ0n) is 42.2. The number of aliphatic hydroxyl groups excluding tert-OH is 5. The number of carbonyl (C=O) groups is 4. The molecule has 0 radical (unpaired) electrons. The Bertz CT molecular complexity index is 2440. The topological polar surface area (TPSA) is 236 Å². The van der Waals surface area contributed by atoms with E-state index in [0.717, 1.165) is 16.8 Å². The standard InChI is InChI=1S/C33H35FN2O5.C23H36O7.Na/c1-21(2)31-30(33(41)35-25-11-7-4-8-12-25)29(22-9-5-3-6-10-22)32(23-13-15-24(34)16-14-23)36(31)18-17-26(37)19-27(38)20-28(39)40;1-4-13(2)23(29)30-20-11-17(25)9-15-6-5-14(3)19(22(15)20)8-7-16(24)10-18(26)12-21(27)28;/h3-16,21,26-27,37-38H,17-20H2,1-2H3,(H,35,41)(H,39,40);5-6,9,13-14,16-20,22,24-26H,4,7-8,10-12H2,1-3H3,(H,27,28);/q;;+1/t26-,27-;13-,14-,16+,17+,18+,19-,20-,22-;/m10./s1. The average molecular weight is 1010 g/mol. The summed E-state index contributed by atoms with van der Waals surface area (Å²) in [6, 6.07) is 24.8. The third-order valence-electron chi connectivity index (χ3n) is 13.4. The van der Waals surface area contributed by atoms with Crippen LogP contribution in [0.5, 0.6) is 0 Å². The number of hydrogen-bond donors (Lipinski definition) is 8. The number of allylic oxidation sites excluding steroid dienone is 2. The van der Waals surface area contributed by atoms with Gasteiger partial charge in [0.25, 0.3) is 5.91 Å². The second-order valence-electron chi connectivity index (χ2n) is 19.3. The maximum atomic E-state index is 14.0. The number of esters is 1. The third-order valence-corrected chi connectivity index (χ3v) is 13.4. The van der Waals surface area contributed by atoms with Crippen molar-refractivity contribution < 1.29 is 93.6 Å². The number of carbonyl (C=O) groups excluding carboxylic acids is 2. The van der Waals surface area contributed by atoms with Gasteiger partial charge in [-0.25, -0.2) is 4.39 Å². The fraction of sp³-hybridized carbons (Fsp3) is 0.464. The van der Waals surface area contributed by atoms with Crippen molar-refractivity contribution in [2.75, 3.05) is 5.32 Å². The molecule has 0 aliphatic heterocycles. The molecular formula is C56H71FN2NaO12+. The van der Waals surface area contributed by atoms with Crippen LogP contribution in [0.2, 0.25) is 0 Å². The molecule has 2 aliphatic rings. The first-order chi connectivity index (χ1) is 33.8. The molecule has 0 bridgehead atoms. The van der Waals surface area contributed by atoms with E-state index in [0.29, 0.717) is 53.8 Å². The average Bonchev–Trinajstić information content (AvgIpc) is 3.66. The van der Waals surface area contributed by atoms with Crippen molar-refractivity contribution in [3.8, 4) is 22.4 Å². The molecule has 3 aromatic carbocycles. The third kappa shape index (κ3) is 16.8. The number of aromatic nitrogens is 1. The number of fused-ring (bicyclic) bond motifs is 1. The minimum atomic E-state index is -1.18. The summed E-state index contributed by atoms with van der Waals surface area (Å²) in [7, 11) is 0. The molecule has 2 aliphatic carbocycles. The van der Waals surface area contributed by atoms with E-state index in [1.165, 1.54) is 12.1 Å². The number of carboxylic acid groups (broad SMARTS) is 2. The predicted octanol–water partition coefficient (Wildman–Crippen LogP) is 5.76. The normalized spacial score (nSPS) is 20.3. The summed E-state index contributed by atoms with van der Waals surface area (Å²) in [6.45, 7) is 10.1. The van der Waals surface area contributed by atoms with Crippen LogP contribution in [0.3, 0.4) is 0 Å². The molecule has 10 atom stereocenters. The number of benzene rings is 3. The number of anilines is 1. The van der Waals surface area contributed by atoms with Crippen molar-refractivity contribution >= 4 is 29.5 Å². The molecule has 1 aromatic heterocycles. The first-order valence-corrected chi connectivity index (χ1v) is 24.7. The van der Waals surface area contributed by atoms with E-state index in [1.807, 2.05) is 105 Å². The van der Waals surface area contributed by atoms with Gasteiger partial charge in [0.15, 0.2) is 0 Å². The molecule has 1 heterocycles. The van der Waals surface area contributed by atoms with Gasteiger partial charge >= 0.3 is 47.5 Å². The fourth-order valence-electron chi connectivity index (χ4n) is 9.72. The Balaban J connectivity index is 0.000000324. The molecule has 16 heteroatoms. The van der Waals surface area contributed by atoms with E-state index in [-0.39, 0.29) is 109 Å². The van der Waals surface area contributed by atoms with Crippen LogP contribution in [0.4, 0.5) is 10.1 Å². The molecule has 0 spiro atoms. The number of hydrogen-bond acceptors (Lipinski definition) is 10. The molecule has 6 rings (SSSR count). The van der Waals surface area contributed by atoms with Gasteiger partial charge in [0.05, 0.1) is 60.5 Å². The van der Waals surface area contributed by atoms with Gasteiger partial charge in [-0.2, -0.15) is 0 Å². The SMILES string of the molecule is CC(C)c1c(C(=O)Nc2ccccc2)c(-c2ccccc2)c(-c2ccc(F)cc2)n1CC[C@@H](O)C[C@@H](O)CC(=O)O.CC[C@H](C)C(=O)O[C@H]1C[C@H](O)C=C2C=C[C@H](C)[C@H](CC[C@@H](O)C[C@@H](O)CC(=O)O)[C@H]21.[Na+]. The van der Waals surface area contributed by atoms with Gasteiger partial charge in [-0.05, 0) is 109 Å². The second-order valence-corrected chi connectivity index (χ2v) is 19.3. The number of nitrogens with zero attached hydrogens (tertiary/aromatic N) is 1. The van der Waals surface area contributed by atoms with Crippen LogP contribution in [0.1, 0.15) is 114 Å². The molecule has 0 saturated heterocycles. The van der Waals surface area contributed by atoms with Gasteiger partial charge in [-0.3, -0.25) is 19.2 Å². The number of amides is 1. The molecule has 14 nitrogen and oxygen atoms in total. The summed E-state index contributed by atoms with van der Waals surface area (Å²) in [5.74, 6) is -3.24. The van der Waals surface area contributed by atoms with Crippen LogP contribution >= 0.6 is 0 Å². The molecule has 0 unspecified atom stereocenters. The zero-order valence-corrected chi connectivity index (χ0v) is 44.2. The number of ether oxygens (including phenoxy) is 1. The van der Waals surface area contributed by atoms with Gasteiger partial charge in [-0.15, -0.1) is 0 Å². The fourth-order valence-corrected chi connectivity index (χ4v) is 9.72. The summed E-state index contributed by atoms with van der Waals surface area (Å²) >= 11 is 0. The van der Waals surface area contributed by atoms with Crippen LogP contribution in [-0.4, -0.2) is 101 Å². The number of nitrogens with one attached hydrogen (secondary N) is 1. The Morgan fingerprint density at radius 2 is 1.36 bits per heavy atom. The summed E-state index contributed by atoms with van der Waals surface area (Å²) in [5, 5.41) is 71.8. The van der Waals surface area contributed by atoms with Crippen molar-refractivity contribution in [1.82, 2.24) is 4.57 Å². The molecule has 1 amide bonds. The molecule has 0 saturated carbocycles. The number of carboxylic acids is 2. The maximum absolute atomic E-state index is 14.0. The second kappa shape index (κ2) is 28.5. The monoisotopic (exact) mass is 1010 g/mol. The molecule has 72 heavy (non-hydrogen) atoms. The summed E-state index contributed by atoms with van der Waals surface area (Å²) in [6.07, 6.45) is 2.13. The molecule has 0 fully saturated rings. The number of para-hydroxylation sites is 1. The molecule has 8 N–H and O–H groups in total. The molecule has 384 valence electrons. The first-order valence-electron chi connectivity index (χ1n) is 24.7. The number of aliphatic carboxylic acids is 2. The van der Waals surface area contributed by atoms with Crippen LogP contribution in [0, 0.1) is 29.5 Å². The Hall–Kier alpha value is -4.97. The van der Waals surface area contributed by atoms with Crippen LogP contribution in [0.15, 0.2) is 109 Å². The minimum Gasteiger partial charge on any atom is -0.481 e. The minimum absolute atomic E-state index is 0. The summed E-state index contributed by atoms with van der Waals surface area (Å²) in [4.78, 5) is 48.2. The van der Waals surface area contributed by atoms with Gasteiger partial charge in [0, 0.05) is 35.8 Å². The van der Waals surface area contributed by atoms with Crippen molar-refractivity contribution in [2.45, 2.75) is 141 Å². The molecular weight excluding hydrogens is 935 g/mol. The van der Waals surface area contributed by atoms with Gasteiger partial charge < -0.3 is 50.4 Å². The van der Waals surface area contributed by atoms with Crippen molar-refractivity contribution in [3.63, 3.8) is 0 Å². The van der Waals surface area contributed by atoms with Crippen LogP contribution in [-0.2, 0) is 25.7 Å². The quantitative estimate of drug-likeness (QED) is 0.0347. The number of rotatable bonds is 22. The van der Waals surface area contributed by atoms with Crippen LogP contribution in [0.25, 0.3) is 22.4 Å². The van der Waals surface area contributed by atoms with E-state index in [2.05, 4.69) is 18.3 Å². The Kier molecular flexibility index (Phi) is 23.6. The van der Waals surface area contributed by atoms with Gasteiger partial charge in [0.2, 0.25) is 0 Å². The van der Waals surface area contributed by atoms with E-state index in [9.17, 15) is 49.1 Å². The smallest absolute Gasteiger partial charge is 0.481 e. The van der Waals surface area contributed by atoms with Gasteiger partial charge in [0.1, 0.15) is 11.9 Å². The van der Waals surface area contributed by atoms with Crippen molar-refractivity contribution in [1.29, 1.82) is 0 Å². The van der Waals surface area contributed by atoms with E-state index >= 15 is 0 Å². The zero-order chi connectivity index (χ0) is 51.9. The van der Waals surface area contributed by atoms with Crippen LogP contribution < -0.4 is 34.9 Å². The van der Waals surface area contributed by atoms with E-state index in [1.54, 1.807) is 12.1 Å². The Labute approximate surface area is 443 Å². The number of halogens is 1. The van der Waals surface area contributed by atoms with Crippen molar-refractivity contribution in [2.24, 2.45) is 23.7 Å². The van der Waals surface area contributed by atoms with Crippen molar-refractivity contribution in [3.05, 3.63) is 126 Å². The Morgan fingerprint density at radius 3 is 1.92 bits per heavy atom. The van der Waals surface area contributed by atoms with Gasteiger partial charge in [-0.1, -0.05) is 101 Å². The maximum Gasteiger partial charge on any atom is 1.00 e. The molecule has 4 aromatic rings. The first kappa shape index (κ1) is 59.6.